The third-order valence-electron chi connectivity index (χ3n) is 5.36. The summed E-state index contributed by atoms with van der Waals surface area (Å²) < 4.78 is 1.91. The molecule has 0 fully saturated rings. The highest BCUT2D eigenvalue weighted by Gasteiger charge is 2.27. The summed E-state index contributed by atoms with van der Waals surface area (Å²) in [6, 6.07) is 11.3. The average Bonchev–Trinajstić information content (AvgIpc) is 3.21. The van der Waals surface area contributed by atoms with Crippen LogP contribution >= 0.6 is 0 Å². The number of hydrogen-bond acceptors (Lipinski definition) is 5. The number of hydrogen-bond donors (Lipinski definition) is 2. The second-order valence-corrected chi connectivity index (χ2v) is 7.62. The van der Waals surface area contributed by atoms with Gasteiger partial charge in [0.25, 0.3) is 5.91 Å². The summed E-state index contributed by atoms with van der Waals surface area (Å²) in [6.45, 7) is 2.67. The lowest BCUT2D eigenvalue weighted by Gasteiger charge is -2.30. The first-order valence-electron chi connectivity index (χ1n) is 10.4. The molecule has 1 aliphatic rings. The van der Waals surface area contributed by atoms with Crippen LogP contribution in [-0.2, 0) is 18.4 Å². The van der Waals surface area contributed by atoms with Gasteiger partial charge in [0.2, 0.25) is 5.91 Å². The van der Waals surface area contributed by atoms with Crippen LogP contribution in [0.4, 0.5) is 11.5 Å². The lowest BCUT2D eigenvalue weighted by molar-refractivity contribution is -0.117. The van der Waals surface area contributed by atoms with Crippen molar-refractivity contribution in [2.75, 3.05) is 16.8 Å². The SMILES string of the molecule is CCCC(NC(=O)c1cnc2c(c1)N(Cc1ccccc1)C(=O)CN2)c1nccn1C. The fraction of sp³-hybridized carbons (Fsp3) is 0.304. The number of aryl methyl sites for hydroxylation is 1. The zero-order valence-electron chi connectivity index (χ0n) is 17.7. The van der Waals surface area contributed by atoms with Gasteiger partial charge in [0.05, 0.1) is 30.4 Å². The first kappa shape index (κ1) is 20.6. The molecule has 0 radical (unpaired) electrons. The first-order valence-corrected chi connectivity index (χ1v) is 10.4. The lowest BCUT2D eigenvalue weighted by atomic mass is 10.1. The van der Waals surface area contributed by atoms with Gasteiger partial charge in [-0.1, -0.05) is 43.7 Å². The third kappa shape index (κ3) is 4.42. The Kier molecular flexibility index (Phi) is 5.97. The predicted octanol–water partition coefficient (Wildman–Crippen LogP) is 3.05. The van der Waals surface area contributed by atoms with Crippen molar-refractivity contribution in [2.45, 2.75) is 32.4 Å². The smallest absolute Gasteiger partial charge is 0.253 e. The monoisotopic (exact) mass is 418 g/mol. The van der Waals surface area contributed by atoms with Crippen molar-refractivity contribution < 1.29 is 9.59 Å². The van der Waals surface area contributed by atoms with Crippen molar-refractivity contribution in [3.8, 4) is 0 Å². The maximum absolute atomic E-state index is 13.1. The van der Waals surface area contributed by atoms with Crippen molar-refractivity contribution in [1.82, 2.24) is 19.9 Å². The van der Waals surface area contributed by atoms with Crippen LogP contribution in [-0.4, -0.2) is 32.9 Å². The van der Waals surface area contributed by atoms with E-state index in [9.17, 15) is 9.59 Å². The molecule has 0 saturated heterocycles. The van der Waals surface area contributed by atoms with Crippen LogP contribution in [0.5, 0.6) is 0 Å². The molecule has 8 nitrogen and oxygen atoms in total. The molecule has 1 aromatic carbocycles. The molecule has 2 amide bonds. The van der Waals surface area contributed by atoms with Crippen molar-refractivity contribution in [2.24, 2.45) is 7.05 Å². The minimum Gasteiger partial charge on any atom is -0.359 e. The summed E-state index contributed by atoms with van der Waals surface area (Å²) in [6.07, 6.45) is 6.81. The summed E-state index contributed by atoms with van der Waals surface area (Å²) in [5.41, 5.74) is 2.02. The van der Waals surface area contributed by atoms with Crippen molar-refractivity contribution in [3.63, 3.8) is 0 Å². The van der Waals surface area contributed by atoms with Crippen LogP contribution in [0.25, 0.3) is 0 Å². The van der Waals surface area contributed by atoms with E-state index < -0.39 is 0 Å². The van der Waals surface area contributed by atoms with Gasteiger partial charge in [-0.3, -0.25) is 9.59 Å². The molecule has 0 spiro atoms. The fourth-order valence-electron chi connectivity index (χ4n) is 3.76. The minimum absolute atomic E-state index is 0.0624. The number of imidazole rings is 1. The maximum atomic E-state index is 13.1. The Morgan fingerprint density at radius 1 is 1.26 bits per heavy atom. The number of rotatable bonds is 7. The van der Waals surface area contributed by atoms with E-state index in [0.717, 1.165) is 24.2 Å². The van der Waals surface area contributed by atoms with E-state index in [0.29, 0.717) is 23.6 Å². The molecule has 0 saturated carbocycles. The Morgan fingerprint density at radius 2 is 2.06 bits per heavy atom. The van der Waals surface area contributed by atoms with Gasteiger partial charge >= 0.3 is 0 Å². The molecule has 1 unspecified atom stereocenters. The summed E-state index contributed by atoms with van der Waals surface area (Å²) in [5.74, 6) is 1.10. The van der Waals surface area contributed by atoms with Crippen LogP contribution in [0.2, 0.25) is 0 Å². The van der Waals surface area contributed by atoms with E-state index in [4.69, 9.17) is 0 Å². The first-order chi connectivity index (χ1) is 15.1. The van der Waals surface area contributed by atoms with E-state index in [-0.39, 0.29) is 24.4 Å². The van der Waals surface area contributed by atoms with Gasteiger partial charge in [-0.2, -0.15) is 0 Å². The topological polar surface area (TPSA) is 92.2 Å². The van der Waals surface area contributed by atoms with E-state index in [1.54, 1.807) is 23.4 Å². The number of carbonyl (C=O) groups is 2. The number of amides is 2. The molecule has 31 heavy (non-hydrogen) atoms. The van der Waals surface area contributed by atoms with Gasteiger partial charge in [0.1, 0.15) is 5.82 Å². The summed E-state index contributed by atoms with van der Waals surface area (Å²) in [7, 11) is 1.91. The normalized spacial score (nSPS) is 14.0. The molecule has 3 heterocycles. The minimum atomic E-state index is -0.241. The predicted molar refractivity (Wildman–Crippen MR) is 119 cm³/mol. The molecule has 1 atom stereocenters. The van der Waals surface area contributed by atoms with Crippen LogP contribution in [0, 0.1) is 0 Å². The van der Waals surface area contributed by atoms with E-state index >= 15 is 0 Å². The van der Waals surface area contributed by atoms with Gasteiger partial charge < -0.3 is 20.1 Å². The quantitative estimate of drug-likeness (QED) is 0.615. The second kappa shape index (κ2) is 8.99. The highest BCUT2D eigenvalue weighted by atomic mass is 16.2. The Hall–Kier alpha value is -3.68. The van der Waals surface area contributed by atoms with E-state index in [1.807, 2.05) is 48.1 Å². The van der Waals surface area contributed by atoms with Crippen LogP contribution in [0.3, 0.4) is 0 Å². The molecule has 0 aliphatic carbocycles. The maximum Gasteiger partial charge on any atom is 0.253 e. The van der Waals surface area contributed by atoms with Crippen molar-refractivity contribution in [3.05, 3.63) is 71.9 Å². The van der Waals surface area contributed by atoms with Gasteiger partial charge in [-0.25, -0.2) is 9.97 Å². The molecule has 2 N–H and O–H groups in total. The van der Waals surface area contributed by atoms with Gasteiger partial charge in [0, 0.05) is 25.6 Å². The van der Waals surface area contributed by atoms with Crippen LogP contribution < -0.4 is 15.5 Å². The number of anilines is 2. The molecule has 3 aromatic rings. The number of aromatic nitrogens is 3. The average molecular weight is 419 g/mol. The van der Waals surface area contributed by atoms with Gasteiger partial charge in [-0.15, -0.1) is 0 Å². The van der Waals surface area contributed by atoms with Crippen LogP contribution in [0.1, 0.15) is 47.6 Å². The number of pyridine rings is 1. The van der Waals surface area contributed by atoms with Crippen molar-refractivity contribution >= 4 is 23.3 Å². The Morgan fingerprint density at radius 3 is 2.77 bits per heavy atom. The van der Waals surface area contributed by atoms with E-state index in [2.05, 4.69) is 27.5 Å². The number of fused-ring (bicyclic) bond motifs is 1. The number of benzene rings is 1. The Bertz CT molecular complexity index is 1080. The summed E-state index contributed by atoms with van der Waals surface area (Å²) in [5, 5.41) is 6.11. The number of nitrogens with zero attached hydrogens (tertiary/aromatic N) is 4. The molecular weight excluding hydrogens is 392 g/mol. The van der Waals surface area contributed by atoms with Crippen molar-refractivity contribution in [1.29, 1.82) is 0 Å². The molecule has 4 rings (SSSR count). The molecule has 160 valence electrons. The Labute approximate surface area is 181 Å². The lowest BCUT2D eigenvalue weighted by Crippen LogP contribution is -2.40. The highest BCUT2D eigenvalue weighted by Crippen LogP contribution is 2.30. The Balaban J connectivity index is 1.59. The number of nitrogens with one attached hydrogen (secondary N) is 2. The molecule has 2 aromatic heterocycles. The third-order valence-corrected chi connectivity index (χ3v) is 5.36. The molecule has 1 aliphatic heterocycles. The molecular formula is C23H26N6O2. The largest absolute Gasteiger partial charge is 0.359 e. The van der Waals surface area contributed by atoms with Gasteiger partial charge in [0.15, 0.2) is 5.82 Å². The van der Waals surface area contributed by atoms with E-state index in [1.165, 1.54) is 0 Å². The van der Waals surface area contributed by atoms with Crippen LogP contribution in [0.15, 0.2) is 55.0 Å². The highest BCUT2D eigenvalue weighted by molar-refractivity contribution is 6.04. The summed E-state index contributed by atoms with van der Waals surface area (Å²) >= 11 is 0. The second-order valence-electron chi connectivity index (χ2n) is 7.62. The summed E-state index contributed by atoms with van der Waals surface area (Å²) in [4.78, 5) is 36.2. The molecule has 0 bridgehead atoms. The zero-order valence-corrected chi connectivity index (χ0v) is 17.7. The fourth-order valence-corrected chi connectivity index (χ4v) is 3.76. The molecule has 8 heteroatoms. The van der Waals surface area contributed by atoms with Gasteiger partial charge in [-0.05, 0) is 18.1 Å². The zero-order chi connectivity index (χ0) is 21.8. The standard InChI is InChI=1S/C23H26N6O2/c1-3-7-18(22-24-10-11-28(22)2)27-23(31)17-12-19-21(25-13-17)26-14-20(30)29(19)15-16-8-5-4-6-9-16/h4-6,8-13,18H,3,7,14-15H2,1-2H3,(H,25,26)(H,27,31). The number of carbonyl (C=O) groups excluding carboxylic acids is 2.